The molecule has 0 aromatic heterocycles. The van der Waals surface area contributed by atoms with Gasteiger partial charge in [-0.05, 0) is 15.4 Å². The molecule has 0 aliphatic rings. The summed E-state index contributed by atoms with van der Waals surface area (Å²) in [7, 11) is -2.62. The predicted molar refractivity (Wildman–Crippen MR) is 123 cm³/mol. The summed E-state index contributed by atoms with van der Waals surface area (Å²) in [6, 6.07) is 21.0. The fraction of sp³-hybridized carbons (Fsp3) is 0.480. The van der Waals surface area contributed by atoms with Crippen LogP contribution in [0.2, 0.25) is 5.04 Å². The fourth-order valence-electron chi connectivity index (χ4n) is 3.77. The Labute approximate surface area is 177 Å². The highest BCUT2D eigenvalue weighted by Crippen LogP contribution is 2.37. The Balaban J connectivity index is 2.38. The van der Waals surface area contributed by atoms with E-state index in [-0.39, 0.29) is 29.1 Å². The summed E-state index contributed by atoms with van der Waals surface area (Å²) in [4.78, 5) is 12.1. The average molecular weight is 413 g/mol. The van der Waals surface area contributed by atoms with Gasteiger partial charge in [-0.1, -0.05) is 102 Å². The van der Waals surface area contributed by atoms with E-state index in [4.69, 9.17) is 4.43 Å². The van der Waals surface area contributed by atoms with Crippen LogP contribution in [0, 0.1) is 11.8 Å². The molecule has 2 aromatic rings. The molecule has 2 atom stereocenters. The second-order valence-electron chi connectivity index (χ2n) is 9.34. The number of hydrogen-bond donors (Lipinski definition) is 1. The summed E-state index contributed by atoms with van der Waals surface area (Å²) in [5.41, 5.74) is 0. The quantitative estimate of drug-likeness (QED) is 0.629. The van der Waals surface area contributed by atoms with Gasteiger partial charge in [0, 0.05) is 24.9 Å². The number of ketones is 1. The van der Waals surface area contributed by atoms with Crippen LogP contribution in [0.1, 0.15) is 48.0 Å². The Morgan fingerprint density at radius 2 is 1.38 bits per heavy atom. The Kier molecular flexibility index (Phi) is 7.98. The number of rotatable bonds is 9. The number of hydrogen-bond acceptors (Lipinski definition) is 3. The number of aliphatic hydroxyl groups is 1. The van der Waals surface area contributed by atoms with Gasteiger partial charge >= 0.3 is 0 Å². The molecule has 3 nitrogen and oxygen atoms in total. The van der Waals surface area contributed by atoms with Crippen molar-refractivity contribution in [2.45, 2.75) is 59.1 Å². The summed E-state index contributed by atoms with van der Waals surface area (Å²) in [6.07, 6.45) is -0.508. The first-order valence-corrected chi connectivity index (χ1v) is 12.5. The molecule has 2 aromatic carbocycles. The number of benzene rings is 2. The van der Waals surface area contributed by atoms with Crippen LogP contribution >= 0.6 is 0 Å². The van der Waals surface area contributed by atoms with Crippen LogP contribution in [0.25, 0.3) is 0 Å². The van der Waals surface area contributed by atoms with Gasteiger partial charge in [0.05, 0.1) is 6.10 Å². The summed E-state index contributed by atoms with van der Waals surface area (Å²) in [6.45, 7) is 12.8. The maximum Gasteiger partial charge on any atom is 0.261 e. The first kappa shape index (κ1) is 23.5. The van der Waals surface area contributed by atoms with Crippen LogP contribution in [-0.2, 0) is 9.22 Å². The Morgan fingerprint density at radius 3 is 1.76 bits per heavy atom. The molecule has 29 heavy (non-hydrogen) atoms. The molecule has 2 rings (SSSR count). The lowest BCUT2D eigenvalue weighted by molar-refractivity contribution is -0.124. The molecule has 4 heteroatoms. The van der Waals surface area contributed by atoms with E-state index in [1.54, 1.807) is 0 Å². The van der Waals surface area contributed by atoms with Gasteiger partial charge in [0.25, 0.3) is 8.32 Å². The van der Waals surface area contributed by atoms with E-state index < -0.39 is 14.4 Å². The van der Waals surface area contributed by atoms with Crippen LogP contribution in [0.4, 0.5) is 0 Å². The standard InChI is InChI=1S/C25H36O3Si/c1-19(2)23(26)17-24(27)20(3)18-28-29(25(4,5)6,21-13-9-7-10-14-21)22-15-11-8-12-16-22/h7-16,19-20,24,27H,17-18H2,1-6H3/t20-,24+/m0/s1. The average Bonchev–Trinajstić information content (AvgIpc) is 2.68. The Bertz CT molecular complexity index is 726. The maximum absolute atomic E-state index is 12.1. The van der Waals surface area contributed by atoms with Crippen molar-refractivity contribution in [3.8, 4) is 0 Å². The minimum Gasteiger partial charge on any atom is -0.407 e. The molecule has 0 fully saturated rings. The SMILES string of the molecule is CC(C)C(=O)C[C@@H](O)[C@@H](C)CO[Si](c1ccccc1)(c1ccccc1)C(C)(C)C. The number of aliphatic hydroxyl groups excluding tert-OH is 1. The normalized spacial score (nSPS) is 14.6. The van der Waals surface area contributed by atoms with Crippen LogP contribution in [0.3, 0.4) is 0 Å². The van der Waals surface area contributed by atoms with Gasteiger partial charge in [0.1, 0.15) is 5.78 Å². The second-order valence-corrected chi connectivity index (χ2v) is 13.6. The minimum atomic E-state index is -2.62. The van der Waals surface area contributed by atoms with E-state index >= 15 is 0 Å². The zero-order chi connectivity index (χ0) is 21.7. The van der Waals surface area contributed by atoms with Gasteiger partial charge in [-0.3, -0.25) is 4.79 Å². The highest BCUT2D eigenvalue weighted by atomic mass is 28.4. The van der Waals surface area contributed by atoms with Gasteiger partial charge in [-0.2, -0.15) is 0 Å². The summed E-state index contributed by atoms with van der Waals surface area (Å²) in [5.74, 6) is -0.0939. The molecule has 1 N–H and O–H groups in total. The molecule has 0 aliphatic carbocycles. The minimum absolute atomic E-state index is 0.0607. The van der Waals surface area contributed by atoms with Crippen LogP contribution in [-0.4, -0.2) is 31.9 Å². The zero-order valence-corrected chi connectivity index (χ0v) is 19.7. The Morgan fingerprint density at radius 1 is 0.931 bits per heavy atom. The molecule has 0 aliphatic heterocycles. The van der Waals surface area contributed by atoms with Gasteiger partial charge in [-0.15, -0.1) is 0 Å². The lowest BCUT2D eigenvalue weighted by Gasteiger charge is -2.43. The number of carbonyl (C=O) groups excluding carboxylic acids is 1. The van der Waals surface area contributed by atoms with Crippen molar-refractivity contribution >= 4 is 24.5 Å². The van der Waals surface area contributed by atoms with Crippen molar-refractivity contribution < 1.29 is 14.3 Å². The molecule has 158 valence electrons. The van der Waals surface area contributed by atoms with Crippen LogP contribution < -0.4 is 10.4 Å². The van der Waals surface area contributed by atoms with Crippen LogP contribution in [0.5, 0.6) is 0 Å². The van der Waals surface area contributed by atoms with E-state index in [1.165, 1.54) is 10.4 Å². The molecule has 0 unspecified atom stereocenters. The third-order valence-corrected chi connectivity index (χ3v) is 10.7. The third kappa shape index (κ3) is 5.44. The van der Waals surface area contributed by atoms with Gasteiger partial charge in [-0.25, -0.2) is 0 Å². The zero-order valence-electron chi connectivity index (χ0n) is 18.7. The van der Waals surface area contributed by atoms with E-state index in [9.17, 15) is 9.90 Å². The van der Waals surface area contributed by atoms with Gasteiger partial charge in [0.15, 0.2) is 0 Å². The molecule has 0 spiro atoms. The van der Waals surface area contributed by atoms with Crippen molar-refractivity contribution in [3.05, 3.63) is 60.7 Å². The molecule has 0 amide bonds. The molecular formula is C25H36O3Si. The highest BCUT2D eigenvalue weighted by Gasteiger charge is 2.50. The molecule has 0 saturated carbocycles. The lowest BCUT2D eigenvalue weighted by Crippen LogP contribution is -2.67. The second kappa shape index (κ2) is 9.83. The largest absolute Gasteiger partial charge is 0.407 e. The lowest BCUT2D eigenvalue weighted by atomic mass is 9.96. The molecular weight excluding hydrogens is 376 g/mol. The first-order chi connectivity index (χ1) is 13.6. The highest BCUT2D eigenvalue weighted by molar-refractivity contribution is 6.99. The summed E-state index contributed by atoms with van der Waals surface area (Å²) >= 11 is 0. The molecule has 0 radical (unpaired) electrons. The maximum atomic E-state index is 12.1. The van der Waals surface area contributed by atoms with Crippen molar-refractivity contribution in [2.75, 3.05) is 6.61 Å². The van der Waals surface area contributed by atoms with Gasteiger partial charge < -0.3 is 9.53 Å². The first-order valence-electron chi connectivity index (χ1n) is 10.6. The molecule has 0 saturated heterocycles. The van der Waals surface area contributed by atoms with Crippen molar-refractivity contribution in [3.63, 3.8) is 0 Å². The smallest absolute Gasteiger partial charge is 0.261 e. The van der Waals surface area contributed by atoms with Gasteiger partial charge in [0.2, 0.25) is 0 Å². The summed E-state index contributed by atoms with van der Waals surface area (Å²) in [5, 5.41) is 12.9. The van der Waals surface area contributed by atoms with Crippen molar-refractivity contribution in [1.82, 2.24) is 0 Å². The molecule has 0 bridgehead atoms. The predicted octanol–water partition coefficient (Wildman–Crippen LogP) is 4.18. The van der Waals surface area contributed by atoms with Crippen molar-refractivity contribution in [2.24, 2.45) is 11.8 Å². The fourth-order valence-corrected chi connectivity index (χ4v) is 8.44. The van der Waals surface area contributed by atoms with E-state index in [1.807, 2.05) is 32.9 Å². The Hall–Kier alpha value is -1.75. The topological polar surface area (TPSA) is 46.5 Å². The summed E-state index contributed by atoms with van der Waals surface area (Å²) < 4.78 is 6.86. The van der Waals surface area contributed by atoms with E-state index in [2.05, 4.69) is 69.3 Å². The monoisotopic (exact) mass is 412 g/mol. The van der Waals surface area contributed by atoms with E-state index in [0.717, 1.165) is 0 Å². The van der Waals surface area contributed by atoms with E-state index in [0.29, 0.717) is 6.61 Å². The third-order valence-electron chi connectivity index (χ3n) is 5.69. The van der Waals surface area contributed by atoms with Crippen LogP contribution in [0.15, 0.2) is 60.7 Å². The molecule has 0 heterocycles. The van der Waals surface area contributed by atoms with Crippen molar-refractivity contribution in [1.29, 1.82) is 0 Å². The number of Topliss-reactive ketones (excluding diaryl/α,β-unsaturated/α-hetero) is 1. The number of carbonyl (C=O) groups is 1.